The Morgan fingerprint density at radius 2 is 1.83 bits per heavy atom. The highest BCUT2D eigenvalue weighted by atomic mass is 32.2. The molecule has 0 radical (unpaired) electrons. The standard InChI is InChI=1S/C24H26N4O5S2/c1-3-14-28-21(17-35(31,32)20-8-6-5-7-9-20)26-27-24(28)34-16-22(29)25-19-12-10-18(11-13-19)23(30)33-15-4-2/h3,5-13H,1,4,14-17H2,2H3,(H,25,29). The topological polar surface area (TPSA) is 120 Å². The Hall–Kier alpha value is -3.44. The average molecular weight is 515 g/mol. The molecular formula is C24H26N4O5S2. The first kappa shape index (κ1) is 26.2. The summed E-state index contributed by atoms with van der Waals surface area (Å²) in [6.07, 6.45) is 2.35. The van der Waals surface area contributed by atoms with Gasteiger partial charge >= 0.3 is 5.97 Å². The second-order valence-electron chi connectivity index (χ2n) is 7.42. The molecule has 2 aromatic carbocycles. The van der Waals surface area contributed by atoms with Gasteiger partial charge in [-0.2, -0.15) is 0 Å². The molecular weight excluding hydrogens is 488 g/mol. The van der Waals surface area contributed by atoms with Crippen LogP contribution in [0.25, 0.3) is 0 Å². The summed E-state index contributed by atoms with van der Waals surface area (Å²) in [4.78, 5) is 24.5. The van der Waals surface area contributed by atoms with Crippen molar-refractivity contribution in [3.63, 3.8) is 0 Å². The van der Waals surface area contributed by atoms with E-state index >= 15 is 0 Å². The Balaban J connectivity index is 1.62. The third-order valence-electron chi connectivity index (χ3n) is 4.70. The number of ether oxygens (including phenoxy) is 1. The zero-order valence-corrected chi connectivity index (χ0v) is 20.8. The van der Waals surface area contributed by atoms with Crippen molar-refractivity contribution in [1.82, 2.24) is 14.8 Å². The Bertz CT molecular complexity index is 1270. The molecule has 0 aliphatic carbocycles. The van der Waals surface area contributed by atoms with Gasteiger partial charge in [-0.3, -0.25) is 4.79 Å². The molecule has 0 spiro atoms. The zero-order chi connectivity index (χ0) is 25.3. The van der Waals surface area contributed by atoms with Crippen LogP contribution in [-0.4, -0.2) is 47.4 Å². The number of allylic oxidation sites excluding steroid dienone is 1. The van der Waals surface area contributed by atoms with Gasteiger partial charge in [0.25, 0.3) is 0 Å². The Morgan fingerprint density at radius 3 is 2.49 bits per heavy atom. The number of hydrogen-bond acceptors (Lipinski definition) is 8. The van der Waals surface area contributed by atoms with Gasteiger partial charge < -0.3 is 14.6 Å². The van der Waals surface area contributed by atoms with E-state index < -0.39 is 15.8 Å². The molecule has 0 unspecified atom stereocenters. The molecule has 3 aromatic rings. The van der Waals surface area contributed by atoms with Crippen LogP contribution in [-0.2, 0) is 31.7 Å². The van der Waals surface area contributed by atoms with Gasteiger partial charge in [-0.1, -0.05) is 43.0 Å². The summed E-state index contributed by atoms with van der Waals surface area (Å²) in [5.41, 5.74) is 0.936. The van der Waals surface area contributed by atoms with Crippen LogP contribution in [0.5, 0.6) is 0 Å². The maximum atomic E-state index is 12.7. The van der Waals surface area contributed by atoms with Gasteiger partial charge in [0, 0.05) is 12.2 Å². The van der Waals surface area contributed by atoms with Crippen molar-refractivity contribution in [3.8, 4) is 0 Å². The fraction of sp³-hybridized carbons (Fsp3) is 0.250. The molecule has 0 saturated carbocycles. The van der Waals surface area contributed by atoms with Crippen LogP contribution in [0.3, 0.4) is 0 Å². The largest absolute Gasteiger partial charge is 0.462 e. The van der Waals surface area contributed by atoms with Crippen molar-refractivity contribution in [2.75, 3.05) is 17.7 Å². The summed E-state index contributed by atoms with van der Waals surface area (Å²) in [5, 5.41) is 11.3. The smallest absolute Gasteiger partial charge is 0.338 e. The highest BCUT2D eigenvalue weighted by Crippen LogP contribution is 2.21. The summed E-state index contributed by atoms with van der Waals surface area (Å²) in [5.74, 6) is -0.726. The monoisotopic (exact) mass is 514 g/mol. The van der Waals surface area contributed by atoms with E-state index in [4.69, 9.17) is 4.74 Å². The van der Waals surface area contributed by atoms with E-state index in [2.05, 4.69) is 22.1 Å². The number of benzene rings is 2. The van der Waals surface area contributed by atoms with Gasteiger partial charge in [-0.05, 0) is 42.8 Å². The van der Waals surface area contributed by atoms with Crippen molar-refractivity contribution in [3.05, 3.63) is 78.6 Å². The van der Waals surface area contributed by atoms with Crippen molar-refractivity contribution in [2.45, 2.75) is 35.7 Å². The summed E-state index contributed by atoms with van der Waals surface area (Å²) in [6.45, 7) is 6.28. The fourth-order valence-corrected chi connectivity index (χ4v) is 5.08. The van der Waals surface area contributed by atoms with Crippen molar-refractivity contribution in [2.24, 2.45) is 0 Å². The maximum Gasteiger partial charge on any atom is 0.338 e. The van der Waals surface area contributed by atoms with E-state index in [0.29, 0.717) is 29.6 Å². The lowest BCUT2D eigenvalue weighted by Crippen LogP contribution is -2.15. The zero-order valence-electron chi connectivity index (χ0n) is 19.2. The minimum absolute atomic E-state index is 0.0288. The summed E-state index contributed by atoms with van der Waals surface area (Å²) in [7, 11) is -3.61. The van der Waals surface area contributed by atoms with E-state index in [1.807, 2.05) is 6.92 Å². The molecule has 3 rings (SSSR count). The molecule has 1 N–H and O–H groups in total. The highest BCUT2D eigenvalue weighted by Gasteiger charge is 2.21. The molecule has 11 heteroatoms. The Kier molecular flexibility index (Phi) is 9.21. The fourth-order valence-electron chi connectivity index (χ4n) is 3.02. The first-order valence-corrected chi connectivity index (χ1v) is 13.5. The van der Waals surface area contributed by atoms with Crippen LogP contribution in [0.1, 0.15) is 29.5 Å². The van der Waals surface area contributed by atoms with Gasteiger partial charge in [-0.15, -0.1) is 16.8 Å². The number of nitrogens with zero attached hydrogens (tertiary/aromatic N) is 3. The number of esters is 1. The molecule has 0 saturated heterocycles. The van der Waals surface area contributed by atoms with Crippen LogP contribution in [0.4, 0.5) is 5.69 Å². The highest BCUT2D eigenvalue weighted by molar-refractivity contribution is 7.99. The van der Waals surface area contributed by atoms with Crippen molar-refractivity contribution >= 4 is 39.2 Å². The molecule has 1 heterocycles. The first-order chi connectivity index (χ1) is 16.8. The third-order valence-corrected chi connectivity index (χ3v) is 7.30. The van der Waals surface area contributed by atoms with E-state index in [1.54, 1.807) is 53.1 Å². The molecule has 1 amide bonds. The molecule has 184 valence electrons. The van der Waals surface area contributed by atoms with Crippen LogP contribution in [0, 0.1) is 0 Å². The van der Waals surface area contributed by atoms with Crippen molar-refractivity contribution < 1.29 is 22.7 Å². The molecule has 0 aliphatic heterocycles. The number of rotatable bonds is 12. The van der Waals surface area contributed by atoms with Gasteiger partial charge in [0.15, 0.2) is 15.0 Å². The van der Waals surface area contributed by atoms with E-state index in [0.717, 1.165) is 18.2 Å². The predicted molar refractivity (Wildman–Crippen MR) is 134 cm³/mol. The lowest BCUT2D eigenvalue weighted by atomic mass is 10.2. The van der Waals surface area contributed by atoms with Crippen LogP contribution in [0.2, 0.25) is 0 Å². The normalized spacial score (nSPS) is 11.1. The number of carbonyl (C=O) groups excluding carboxylic acids is 2. The average Bonchev–Trinajstić information content (AvgIpc) is 3.23. The number of hydrogen-bond donors (Lipinski definition) is 1. The molecule has 0 bridgehead atoms. The molecule has 9 nitrogen and oxygen atoms in total. The van der Waals surface area contributed by atoms with Crippen LogP contribution in [0.15, 0.2) is 77.3 Å². The van der Waals surface area contributed by atoms with E-state index in [-0.39, 0.29) is 28.1 Å². The SMILES string of the molecule is C=CCn1c(CS(=O)(=O)c2ccccc2)nnc1SCC(=O)Nc1ccc(C(=O)OCCC)cc1. The molecule has 1 aromatic heterocycles. The molecule has 0 fully saturated rings. The van der Waals surface area contributed by atoms with Gasteiger partial charge in [0.2, 0.25) is 5.91 Å². The minimum atomic E-state index is -3.61. The number of anilines is 1. The van der Waals surface area contributed by atoms with Crippen molar-refractivity contribution in [1.29, 1.82) is 0 Å². The summed E-state index contributed by atoms with van der Waals surface area (Å²) < 4.78 is 32.2. The number of amides is 1. The molecule has 0 atom stereocenters. The number of carbonyl (C=O) groups is 2. The van der Waals surface area contributed by atoms with Crippen LogP contribution < -0.4 is 5.32 Å². The van der Waals surface area contributed by atoms with Gasteiger partial charge in [-0.25, -0.2) is 13.2 Å². The Morgan fingerprint density at radius 1 is 1.11 bits per heavy atom. The second-order valence-corrected chi connectivity index (χ2v) is 10.4. The summed E-state index contributed by atoms with van der Waals surface area (Å²) >= 11 is 1.13. The third kappa shape index (κ3) is 7.27. The lowest BCUT2D eigenvalue weighted by molar-refractivity contribution is -0.113. The van der Waals surface area contributed by atoms with Gasteiger partial charge in [0.1, 0.15) is 11.6 Å². The lowest BCUT2D eigenvalue weighted by Gasteiger charge is -2.09. The first-order valence-electron chi connectivity index (χ1n) is 10.8. The van der Waals surface area contributed by atoms with E-state index in [1.165, 1.54) is 12.1 Å². The maximum absolute atomic E-state index is 12.7. The predicted octanol–water partition coefficient (Wildman–Crippen LogP) is 3.74. The quantitative estimate of drug-likeness (QED) is 0.221. The molecule has 35 heavy (non-hydrogen) atoms. The van der Waals surface area contributed by atoms with E-state index in [9.17, 15) is 18.0 Å². The summed E-state index contributed by atoms with van der Waals surface area (Å²) in [6, 6.07) is 14.5. The number of sulfone groups is 1. The number of thioether (sulfide) groups is 1. The van der Waals surface area contributed by atoms with Gasteiger partial charge in [0.05, 0.1) is 22.8 Å². The van der Waals surface area contributed by atoms with Crippen LogP contribution >= 0.6 is 11.8 Å². The molecule has 0 aliphatic rings. The Labute approximate surface area is 208 Å². The minimum Gasteiger partial charge on any atom is -0.462 e. The number of nitrogens with one attached hydrogen (secondary N) is 1. The second kappa shape index (κ2) is 12.3. The number of aromatic nitrogens is 3.